The Labute approximate surface area is 89.1 Å². The number of nitrogens with zero attached hydrogens (tertiary/aromatic N) is 2. The number of carbonyl (C=O) groups excluding carboxylic acids is 1. The minimum atomic E-state index is 0.00329. The lowest BCUT2D eigenvalue weighted by molar-refractivity contribution is 0.0742. The summed E-state index contributed by atoms with van der Waals surface area (Å²) in [6, 6.07) is 5.77. The molecule has 0 aliphatic heterocycles. The van der Waals surface area contributed by atoms with Gasteiger partial charge in [0.05, 0.1) is 0 Å². The molecule has 4 nitrogen and oxygen atoms in total. The maximum absolute atomic E-state index is 12.0. The van der Waals surface area contributed by atoms with Crippen LogP contribution in [0.4, 0.5) is 0 Å². The topological polar surface area (TPSA) is 59.2 Å². The largest absolute Gasteiger partial charge is 0.333 e. The van der Waals surface area contributed by atoms with E-state index in [4.69, 9.17) is 5.73 Å². The molecule has 2 rings (SSSR count). The molecule has 1 aliphatic rings. The van der Waals surface area contributed by atoms with Crippen molar-refractivity contribution >= 4 is 5.91 Å². The Morgan fingerprint density at radius 1 is 1.53 bits per heavy atom. The molecule has 0 saturated heterocycles. The molecule has 80 valence electrons. The van der Waals surface area contributed by atoms with Gasteiger partial charge in [-0.2, -0.15) is 0 Å². The highest BCUT2D eigenvalue weighted by Crippen LogP contribution is 2.27. The summed E-state index contributed by atoms with van der Waals surface area (Å²) in [6.45, 7) is 1.13. The van der Waals surface area contributed by atoms with Crippen LogP contribution in [-0.2, 0) is 0 Å². The van der Waals surface area contributed by atoms with Gasteiger partial charge in [-0.05, 0) is 25.0 Å². The Morgan fingerprint density at radius 3 is 2.87 bits per heavy atom. The Morgan fingerprint density at radius 2 is 2.33 bits per heavy atom. The fraction of sp³-hybridized carbons (Fsp3) is 0.455. The molecule has 0 unspecified atom stereocenters. The number of carbonyl (C=O) groups is 1. The number of aromatic nitrogens is 1. The monoisotopic (exact) mass is 205 g/mol. The van der Waals surface area contributed by atoms with Gasteiger partial charge >= 0.3 is 0 Å². The standard InChI is InChI=1S/C11H15N3O/c12-6-8-14(9-4-5-9)11(15)10-3-1-2-7-13-10/h1-3,7,9H,4-6,8,12H2. The normalized spacial score (nSPS) is 15.0. The van der Waals surface area contributed by atoms with Crippen LogP contribution in [0.2, 0.25) is 0 Å². The highest BCUT2D eigenvalue weighted by atomic mass is 16.2. The van der Waals surface area contributed by atoms with Crippen molar-refractivity contribution in [2.45, 2.75) is 18.9 Å². The molecule has 0 atom stereocenters. The minimum Gasteiger partial charge on any atom is -0.333 e. The summed E-state index contributed by atoms with van der Waals surface area (Å²) in [5, 5.41) is 0. The van der Waals surface area contributed by atoms with Crippen molar-refractivity contribution in [2.75, 3.05) is 13.1 Å². The maximum atomic E-state index is 12.0. The first-order chi connectivity index (χ1) is 7.33. The summed E-state index contributed by atoms with van der Waals surface area (Å²) in [4.78, 5) is 17.9. The predicted octanol–water partition coefficient (Wildman–Crippen LogP) is 0.645. The lowest BCUT2D eigenvalue weighted by atomic mass is 10.3. The van der Waals surface area contributed by atoms with Gasteiger partial charge in [-0.25, -0.2) is 0 Å². The van der Waals surface area contributed by atoms with E-state index >= 15 is 0 Å². The zero-order valence-electron chi connectivity index (χ0n) is 8.60. The van der Waals surface area contributed by atoms with Gasteiger partial charge in [-0.1, -0.05) is 6.07 Å². The molecular weight excluding hydrogens is 190 g/mol. The fourth-order valence-electron chi connectivity index (χ4n) is 1.61. The zero-order valence-corrected chi connectivity index (χ0v) is 8.60. The van der Waals surface area contributed by atoms with Crippen molar-refractivity contribution in [3.8, 4) is 0 Å². The van der Waals surface area contributed by atoms with Gasteiger partial charge in [-0.3, -0.25) is 9.78 Å². The molecule has 1 fully saturated rings. The number of nitrogens with two attached hydrogens (primary N) is 1. The van der Waals surface area contributed by atoms with Gasteiger partial charge < -0.3 is 10.6 Å². The third-order valence-corrected chi connectivity index (χ3v) is 2.50. The van der Waals surface area contributed by atoms with Crippen LogP contribution >= 0.6 is 0 Å². The second kappa shape index (κ2) is 4.40. The second-order valence-corrected chi connectivity index (χ2v) is 3.73. The number of pyridine rings is 1. The molecule has 1 aromatic heterocycles. The quantitative estimate of drug-likeness (QED) is 0.785. The molecule has 0 radical (unpaired) electrons. The van der Waals surface area contributed by atoms with Gasteiger partial charge in [0.25, 0.3) is 5.91 Å². The molecule has 1 heterocycles. The molecule has 1 aliphatic carbocycles. The Kier molecular flexibility index (Phi) is 2.97. The van der Waals surface area contributed by atoms with Crippen LogP contribution in [0, 0.1) is 0 Å². The molecule has 1 saturated carbocycles. The van der Waals surface area contributed by atoms with Crippen LogP contribution in [0.5, 0.6) is 0 Å². The zero-order chi connectivity index (χ0) is 10.7. The van der Waals surface area contributed by atoms with Gasteiger partial charge in [0.15, 0.2) is 0 Å². The maximum Gasteiger partial charge on any atom is 0.272 e. The molecule has 4 heteroatoms. The van der Waals surface area contributed by atoms with Crippen LogP contribution in [0.15, 0.2) is 24.4 Å². The van der Waals surface area contributed by atoms with Crippen LogP contribution in [0.3, 0.4) is 0 Å². The smallest absolute Gasteiger partial charge is 0.272 e. The van der Waals surface area contributed by atoms with Crippen molar-refractivity contribution in [1.82, 2.24) is 9.88 Å². The average Bonchev–Trinajstić information content (AvgIpc) is 3.10. The van der Waals surface area contributed by atoms with Crippen LogP contribution in [-0.4, -0.2) is 34.9 Å². The van der Waals surface area contributed by atoms with Crippen molar-refractivity contribution in [1.29, 1.82) is 0 Å². The van der Waals surface area contributed by atoms with E-state index in [1.54, 1.807) is 18.3 Å². The van der Waals surface area contributed by atoms with Crippen LogP contribution in [0.25, 0.3) is 0 Å². The Balaban J connectivity index is 2.10. The molecule has 1 aromatic rings. The lowest BCUT2D eigenvalue weighted by Gasteiger charge is -2.20. The van der Waals surface area contributed by atoms with Gasteiger partial charge in [0, 0.05) is 25.3 Å². The third kappa shape index (κ3) is 2.33. The van der Waals surface area contributed by atoms with E-state index in [1.807, 2.05) is 11.0 Å². The molecule has 1 amide bonds. The summed E-state index contributed by atoms with van der Waals surface area (Å²) in [7, 11) is 0. The van der Waals surface area contributed by atoms with E-state index < -0.39 is 0 Å². The van der Waals surface area contributed by atoms with Gasteiger partial charge in [0.1, 0.15) is 5.69 Å². The first kappa shape index (κ1) is 10.1. The van der Waals surface area contributed by atoms with E-state index in [9.17, 15) is 4.79 Å². The Hall–Kier alpha value is -1.42. The van der Waals surface area contributed by atoms with E-state index in [0.717, 1.165) is 12.8 Å². The second-order valence-electron chi connectivity index (χ2n) is 3.73. The molecule has 0 aromatic carbocycles. The van der Waals surface area contributed by atoms with Crippen LogP contribution < -0.4 is 5.73 Å². The number of hydrogen-bond acceptors (Lipinski definition) is 3. The highest BCUT2D eigenvalue weighted by Gasteiger charge is 2.32. The number of rotatable bonds is 4. The summed E-state index contributed by atoms with van der Waals surface area (Å²) in [6.07, 6.45) is 3.83. The highest BCUT2D eigenvalue weighted by molar-refractivity contribution is 5.92. The number of hydrogen-bond donors (Lipinski definition) is 1. The Bertz CT molecular complexity index is 335. The molecule has 15 heavy (non-hydrogen) atoms. The minimum absolute atomic E-state index is 0.00329. The van der Waals surface area contributed by atoms with E-state index in [2.05, 4.69) is 4.98 Å². The summed E-state index contributed by atoms with van der Waals surface area (Å²) >= 11 is 0. The summed E-state index contributed by atoms with van der Waals surface area (Å²) < 4.78 is 0. The molecule has 0 spiro atoms. The van der Waals surface area contributed by atoms with Crippen molar-refractivity contribution < 1.29 is 4.79 Å². The van der Waals surface area contributed by atoms with Crippen molar-refractivity contribution in [3.63, 3.8) is 0 Å². The molecule has 2 N–H and O–H groups in total. The molecule has 0 bridgehead atoms. The molecular formula is C11H15N3O. The van der Waals surface area contributed by atoms with E-state index in [1.165, 1.54) is 0 Å². The fourth-order valence-corrected chi connectivity index (χ4v) is 1.61. The average molecular weight is 205 g/mol. The van der Waals surface area contributed by atoms with Crippen molar-refractivity contribution in [2.24, 2.45) is 5.73 Å². The predicted molar refractivity (Wildman–Crippen MR) is 57.3 cm³/mol. The third-order valence-electron chi connectivity index (χ3n) is 2.50. The van der Waals surface area contributed by atoms with Gasteiger partial charge in [-0.15, -0.1) is 0 Å². The first-order valence-corrected chi connectivity index (χ1v) is 5.25. The first-order valence-electron chi connectivity index (χ1n) is 5.25. The van der Waals surface area contributed by atoms with E-state index in [-0.39, 0.29) is 5.91 Å². The van der Waals surface area contributed by atoms with Crippen LogP contribution in [0.1, 0.15) is 23.3 Å². The van der Waals surface area contributed by atoms with E-state index in [0.29, 0.717) is 24.8 Å². The summed E-state index contributed by atoms with van der Waals surface area (Å²) in [5.41, 5.74) is 6.01. The SMILES string of the molecule is NCCN(C(=O)c1ccccn1)C1CC1. The lowest BCUT2D eigenvalue weighted by Crippen LogP contribution is -2.37. The van der Waals surface area contributed by atoms with Gasteiger partial charge in [0.2, 0.25) is 0 Å². The number of amides is 1. The summed E-state index contributed by atoms with van der Waals surface area (Å²) in [5.74, 6) is 0.00329. The van der Waals surface area contributed by atoms with Crippen molar-refractivity contribution in [3.05, 3.63) is 30.1 Å².